The number of carbonyl (C=O) groups is 3. The zero-order chi connectivity index (χ0) is 20.6. The van der Waals surface area contributed by atoms with E-state index in [0.29, 0.717) is 41.4 Å². The predicted octanol–water partition coefficient (Wildman–Crippen LogP) is 2.93. The van der Waals surface area contributed by atoms with Gasteiger partial charge in [0.25, 0.3) is 5.91 Å². The number of rotatable bonds is 4. The van der Waals surface area contributed by atoms with Crippen LogP contribution in [0, 0.1) is 5.92 Å². The lowest BCUT2D eigenvalue weighted by molar-refractivity contribution is 0.0260. The summed E-state index contributed by atoms with van der Waals surface area (Å²) in [7, 11) is 1.55. The standard InChI is InChI=1S/C23H24N2O4/c1-15-11-13-25(14-12-15)23(20(26)18-5-3-4-6-19(18)21(23)27)24-22(28)16-7-9-17(29-2)10-8-16/h3-10,15H,11-14H2,1-2H3,(H,24,28). The Kier molecular flexibility index (Phi) is 4.96. The van der Waals surface area contributed by atoms with E-state index in [2.05, 4.69) is 12.2 Å². The zero-order valence-electron chi connectivity index (χ0n) is 16.6. The topological polar surface area (TPSA) is 75.7 Å². The van der Waals surface area contributed by atoms with E-state index in [9.17, 15) is 14.4 Å². The summed E-state index contributed by atoms with van der Waals surface area (Å²) in [6.45, 7) is 3.32. The van der Waals surface area contributed by atoms with Crippen molar-refractivity contribution in [3.8, 4) is 5.75 Å². The van der Waals surface area contributed by atoms with Gasteiger partial charge in [0.2, 0.25) is 17.2 Å². The molecule has 150 valence electrons. The van der Waals surface area contributed by atoms with Gasteiger partial charge >= 0.3 is 0 Å². The molecule has 0 spiro atoms. The summed E-state index contributed by atoms with van der Waals surface area (Å²) >= 11 is 0. The average Bonchev–Trinajstić information content (AvgIpc) is 2.97. The zero-order valence-corrected chi connectivity index (χ0v) is 16.6. The van der Waals surface area contributed by atoms with Gasteiger partial charge in [0.15, 0.2) is 0 Å². The summed E-state index contributed by atoms with van der Waals surface area (Å²) in [6.07, 6.45) is 1.74. The Hall–Kier alpha value is -2.99. The lowest BCUT2D eigenvalue weighted by Gasteiger charge is -2.42. The van der Waals surface area contributed by atoms with Crippen molar-refractivity contribution in [2.45, 2.75) is 25.4 Å². The lowest BCUT2D eigenvalue weighted by atomic mass is 9.93. The van der Waals surface area contributed by atoms with Crippen LogP contribution in [0.3, 0.4) is 0 Å². The van der Waals surface area contributed by atoms with Crippen molar-refractivity contribution in [3.05, 3.63) is 65.2 Å². The molecule has 1 heterocycles. The quantitative estimate of drug-likeness (QED) is 0.810. The van der Waals surface area contributed by atoms with E-state index in [-0.39, 0.29) is 11.6 Å². The van der Waals surface area contributed by atoms with Gasteiger partial charge in [-0.1, -0.05) is 31.2 Å². The molecule has 0 atom stereocenters. The van der Waals surface area contributed by atoms with Crippen LogP contribution in [0.15, 0.2) is 48.5 Å². The summed E-state index contributed by atoms with van der Waals surface area (Å²) in [5, 5.41) is 2.82. The first kappa shape index (κ1) is 19.3. The van der Waals surface area contributed by atoms with Gasteiger partial charge in [0.05, 0.1) is 7.11 Å². The van der Waals surface area contributed by atoms with Crippen molar-refractivity contribution < 1.29 is 19.1 Å². The summed E-state index contributed by atoms with van der Waals surface area (Å²) in [5.41, 5.74) is -0.578. The van der Waals surface area contributed by atoms with Crippen LogP contribution in [0.5, 0.6) is 5.75 Å². The van der Waals surface area contributed by atoms with Gasteiger partial charge in [-0.2, -0.15) is 0 Å². The van der Waals surface area contributed by atoms with E-state index in [1.165, 1.54) is 0 Å². The van der Waals surface area contributed by atoms with E-state index in [0.717, 1.165) is 12.8 Å². The molecule has 1 fully saturated rings. The highest BCUT2D eigenvalue weighted by atomic mass is 16.5. The van der Waals surface area contributed by atoms with Gasteiger partial charge in [-0.3, -0.25) is 19.3 Å². The summed E-state index contributed by atoms with van der Waals surface area (Å²) in [6, 6.07) is 13.4. The molecule has 0 radical (unpaired) electrons. The maximum atomic E-state index is 13.5. The number of ether oxygens (including phenoxy) is 1. The van der Waals surface area contributed by atoms with Crippen molar-refractivity contribution in [2.24, 2.45) is 5.92 Å². The SMILES string of the molecule is COc1ccc(C(=O)NC2(N3CCC(C)CC3)C(=O)c3ccccc3C2=O)cc1. The Morgan fingerprint density at radius 1 is 1.00 bits per heavy atom. The number of amides is 1. The largest absolute Gasteiger partial charge is 0.497 e. The first-order valence-corrected chi connectivity index (χ1v) is 9.87. The average molecular weight is 392 g/mol. The molecule has 2 aromatic carbocycles. The molecule has 2 aliphatic rings. The molecule has 6 nitrogen and oxygen atoms in total. The maximum absolute atomic E-state index is 13.5. The third-order valence-electron chi connectivity index (χ3n) is 5.98. The number of carbonyl (C=O) groups excluding carboxylic acids is 3. The number of fused-ring (bicyclic) bond motifs is 1. The van der Waals surface area contributed by atoms with Crippen molar-refractivity contribution in [1.82, 2.24) is 10.2 Å². The molecule has 1 N–H and O–H groups in total. The van der Waals surface area contributed by atoms with Crippen molar-refractivity contribution in [1.29, 1.82) is 0 Å². The number of nitrogens with one attached hydrogen (secondary N) is 1. The van der Waals surface area contributed by atoms with E-state index in [1.807, 2.05) is 4.90 Å². The molecule has 0 saturated carbocycles. The monoisotopic (exact) mass is 392 g/mol. The smallest absolute Gasteiger partial charge is 0.253 e. The number of benzene rings is 2. The fourth-order valence-corrected chi connectivity index (χ4v) is 4.17. The second-order valence-corrected chi connectivity index (χ2v) is 7.77. The van der Waals surface area contributed by atoms with Crippen LogP contribution in [0.25, 0.3) is 0 Å². The number of piperidine rings is 1. The molecule has 0 unspecified atom stereocenters. The number of nitrogens with zero attached hydrogens (tertiary/aromatic N) is 1. The van der Waals surface area contributed by atoms with Crippen LogP contribution in [0.1, 0.15) is 50.8 Å². The third-order valence-corrected chi connectivity index (χ3v) is 5.98. The van der Waals surface area contributed by atoms with Crippen LogP contribution in [-0.4, -0.2) is 48.2 Å². The van der Waals surface area contributed by atoms with Gasteiger partial charge in [-0.15, -0.1) is 0 Å². The van der Waals surface area contributed by atoms with Crippen LogP contribution in [-0.2, 0) is 0 Å². The molecular formula is C23H24N2O4. The minimum absolute atomic E-state index is 0.352. The molecule has 1 amide bonds. The summed E-state index contributed by atoms with van der Waals surface area (Å²) in [4.78, 5) is 41.9. The first-order valence-electron chi connectivity index (χ1n) is 9.87. The van der Waals surface area contributed by atoms with Crippen LogP contribution in [0.2, 0.25) is 0 Å². The van der Waals surface area contributed by atoms with Gasteiger partial charge in [0, 0.05) is 29.8 Å². The Morgan fingerprint density at radius 3 is 2.07 bits per heavy atom. The number of ketones is 2. The minimum Gasteiger partial charge on any atom is -0.497 e. The number of methoxy groups -OCH3 is 1. The van der Waals surface area contributed by atoms with Crippen molar-refractivity contribution in [3.63, 3.8) is 0 Å². The normalized spacial score (nSPS) is 19.1. The maximum Gasteiger partial charge on any atom is 0.253 e. The lowest BCUT2D eigenvalue weighted by Crippen LogP contribution is -2.68. The molecule has 2 aromatic rings. The molecule has 1 saturated heterocycles. The molecule has 1 aliphatic heterocycles. The number of hydrogen-bond donors (Lipinski definition) is 1. The fraction of sp³-hybridized carbons (Fsp3) is 0.348. The Labute approximate surface area is 169 Å². The van der Waals surface area contributed by atoms with Crippen molar-refractivity contribution >= 4 is 17.5 Å². The van der Waals surface area contributed by atoms with Crippen LogP contribution >= 0.6 is 0 Å². The van der Waals surface area contributed by atoms with E-state index >= 15 is 0 Å². The third kappa shape index (κ3) is 3.13. The van der Waals surface area contributed by atoms with Gasteiger partial charge in [0.1, 0.15) is 5.75 Å². The second-order valence-electron chi connectivity index (χ2n) is 7.77. The molecule has 29 heavy (non-hydrogen) atoms. The second kappa shape index (κ2) is 7.44. The van der Waals surface area contributed by atoms with E-state index in [1.54, 1.807) is 55.6 Å². The van der Waals surface area contributed by atoms with Crippen molar-refractivity contribution in [2.75, 3.05) is 20.2 Å². The minimum atomic E-state index is -1.68. The van der Waals surface area contributed by atoms with Crippen LogP contribution < -0.4 is 10.1 Å². The van der Waals surface area contributed by atoms with E-state index < -0.39 is 11.6 Å². The molecule has 6 heteroatoms. The van der Waals surface area contributed by atoms with Gasteiger partial charge in [-0.05, 0) is 43.0 Å². The predicted molar refractivity (Wildman–Crippen MR) is 108 cm³/mol. The highest BCUT2D eigenvalue weighted by Gasteiger charge is 2.58. The summed E-state index contributed by atoms with van der Waals surface area (Å²) in [5.74, 6) is -0.0129. The molecule has 0 aromatic heterocycles. The Morgan fingerprint density at radius 2 is 1.55 bits per heavy atom. The highest BCUT2D eigenvalue weighted by molar-refractivity contribution is 6.33. The Bertz CT molecular complexity index is 924. The number of Topliss-reactive ketones (excluding diaryl/α,β-unsaturated/α-hetero) is 2. The van der Waals surface area contributed by atoms with Gasteiger partial charge < -0.3 is 10.1 Å². The first-order chi connectivity index (χ1) is 14.0. The summed E-state index contributed by atoms with van der Waals surface area (Å²) < 4.78 is 5.14. The van der Waals surface area contributed by atoms with E-state index in [4.69, 9.17) is 4.74 Å². The molecular weight excluding hydrogens is 368 g/mol. The van der Waals surface area contributed by atoms with Gasteiger partial charge in [-0.25, -0.2) is 0 Å². The molecule has 1 aliphatic carbocycles. The highest BCUT2D eigenvalue weighted by Crippen LogP contribution is 2.35. The number of likely N-dealkylation sites (tertiary alicyclic amines) is 1. The van der Waals surface area contributed by atoms with Crippen LogP contribution in [0.4, 0.5) is 0 Å². The molecule has 0 bridgehead atoms. The number of hydrogen-bond acceptors (Lipinski definition) is 5. The Balaban J connectivity index is 1.72. The molecule has 4 rings (SSSR count). The fourth-order valence-electron chi connectivity index (χ4n) is 4.17.